The molecule has 2 heterocycles. The monoisotopic (exact) mass is 452 g/mol. The molecule has 4 unspecified atom stereocenters. The molecule has 2 saturated carbocycles. The lowest BCUT2D eigenvalue weighted by Gasteiger charge is -2.31. The van der Waals surface area contributed by atoms with Crippen LogP contribution in [0.1, 0.15) is 80.1 Å². The summed E-state index contributed by atoms with van der Waals surface area (Å²) < 4.78 is 10.6. The Morgan fingerprint density at radius 3 is 1.47 bits per heavy atom. The van der Waals surface area contributed by atoms with Crippen LogP contribution in [0.4, 0.5) is 9.59 Å². The standard InChI is InChI=1S/2C12H22N2O2/c2*1-11(2,3)16-10(15)14-12-6-4-5-9(12)7-13-8-12/h2*9,13H,4-8H2,1-3H3,(H,14,15). The first kappa shape index (κ1) is 25.1. The highest BCUT2D eigenvalue weighted by molar-refractivity contribution is 5.69. The van der Waals surface area contributed by atoms with E-state index in [1.807, 2.05) is 41.5 Å². The fourth-order valence-corrected chi connectivity index (χ4v) is 5.72. The first-order valence-electron chi connectivity index (χ1n) is 12.3. The van der Waals surface area contributed by atoms with Crippen molar-refractivity contribution in [3.05, 3.63) is 0 Å². The summed E-state index contributed by atoms with van der Waals surface area (Å²) in [7, 11) is 0. The number of fused-ring (bicyclic) bond motifs is 2. The first-order valence-corrected chi connectivity index (χ1v) is 12.3. The van der Waals surface area contributed by atoms with E-state index in [2.05, 4.69) is 21.3 Å². The van der Waals surface area contributed by atoms with Crippen molar-refractivity contribution in [3.8, 4) is 0 Å². The highest BCUT2D eigenvalue weighted by Gasteiger charge is 2.48. The SMILES string of the molecule is CC(C)(C)OC(=O)NC12CCCC1CNC2.CC(C)(C)OC(=O)NC12CCCC1CNC2. The predicted molar refractivity (Wildman–Crippen MR) is 125 cm³/mol. The third-order valence-electron chi connectivity index (χ3n) is 7.08. The Kier molecular flexibility index (Phi) is 7.35. The summed E-state index contributed by atoms with van der Waals surface area (Å²) in [5.74, 6) is 1.17. The average molecular weight is 453 g/mol. The molecule has 0 spiro atoms. The van der Waals surface area contributed by atoms with Gasteiger partial charge in [-0.15, -0.1) is 0 Å². The van der Waals surface area contributed by atoms with Crippen LogP contribution in [-0.4, -0.2) is 60.6 Å². The summed E-state index contributed by atoms with van der Waals surface area (Å²) in [5.41, 5.74) is -0.910. The molecule has 0 aromatic heterocycles. The molecule has 4 rings (SSSR count). The van der Waals surface area contributed by atoms with Crippen LogP contribution in [0.2, 0.25) is 0 Å². The number of amides is 2. The van der Waals surface area contributed by atoms with Crippen molar-refractivity contribution in [2.24, 2.45) is 11.8 Å². The van der Waals surface area contributed by atoms with Crippen LogP contribution < -0.4 is 21.3 Å². The number of nitrogens with one attached hydrogen (secondary N) is 4. The van der Waals surface area contributed by atoms with Crippen LogP contribution in [0.5, 0.6) is 0 Å². The van der Waals surface area contributed by atoms with Crippen LogP contribution >= 0.6 is 0 Å². The predicted octanol–water partition coefficient (Wildman–Crippen LogP) is 3.31. The number of carbonyl (C=O) groups is 2. The van der Waals surface area contributed by atoms with Gasteiger partial charge in [0.2, 0.25) is 0 Å². The third-order valence-corrected chi connectivity index (χ3v) is 7.08. The molecule has 8 nitrogen and oxygen atoms in total. The zero-order valence-corrected chi connectivity index (χ0v) is 20.9. The van der Waals surface area contributed by atoms with E-state index in [4.69, 9.17) is 9.47 Å². The highest BCUT2D eigenvalue weighted by atomic mass is 16.6. The van der Waals surface area contributed by atoms with Gasteiger partial charge in [0.05, 0.1) is 11.1 Å². The normalized spacial score (nSPS) is 33.6. The van der Waals surface area contributed by atoms with Crippen molar-refractivity contribution >= 4 is 12.2 Å². The van der Waals surface area contributed by atoms with E-state index in [9.17, 15) is 9.59 Å². The number of alkyl carbamates (subject to hydrolysis) is 2. The Hall–Kier alpha value is -1.54. The minimum atomic E-state index is -0.416. The van der Waals surface area contributed by atoms with E-state index < -0.39 is 11.2 Å². The molecule has 0 radical (unpaired) electrons. The topological polar surface area (TPSA) is 101 Å². The van der Waals surface area contributed by atoms with Crippen molar-refractivity contribution in [1.29, 1.82) is 0 Å². The minimum Gasteiger partial charge on any atom is -0.444 e. The molecule has 184 valence electrons. The molecule has 2 aliphatic heterocycles. The van der Waals surface area contributed by atoms with Gasteiger partial charge in [0.25, 0.3) is 0 Å². The first-order chi connectivity index (χ1) is 14.8. The van der Waals surface area contributed by atoms with Crippen LogP contribution in [-0.2, 0) is 9.47 Å². The Morgan fingerprint density at radius 2 is 1.12 bits per heavy atom. The smallest absolute Gasteiger partial charge is 0.408 e. The lowest BCUT2D eigenvalue weighted by molar-refractivity contribution is 0.0437. The molecule has 4 N–H and O–H groups in total. The largest absolute Gasteiger partial charge is 0.444 e. The van der Waals surface area contributed by atoms with E-state index >= 15 is 0 Å². The fourth-order valence-electron chi connectivity index (χ4n) is 5.72. The van der Waals surface area contributed by atoms with Gasteiger partial charge in [-0.3, -0.25) is 0 Å². The maximum absolute atomic E-state index is 11.8. The number of rotatable bonds is 2. The van der Waals surface area contributed by atoms with Gasteiger partial charge in [0, 0.05) is 26.2 Å². The van der Waals surface area contributed by atoms with Crippen LogP contribution in [0.15, 0.2) is 0 Å². The Balaban J connectivity index is 0.000000181. The number of ether oxygens (including phenoxy) is 2. The summed E-state index contributed by atoms with van der Waals surface area (Å²) in [6.45, 7) is 15.2. The molecule has 0 aromatic carbocycles. The number of hydrogen-bond acceptors (Lipinski definition) is 6. The number of hydrogen-bond donors (Lipinski definition) is 4. The van der Waals surface area contributed by atoms with E-state index in [1.165, 1.54) is 25.7 Å². The van der Waals surface area contributed by atoms with E-state index in [0.717, 1.165) is 39.0 Å². The molecule has 2 amide bonds. The summed E-state index contributed by atoms with van der Waals surface area (Å²) in [5, 5.41) is 12.9. The van der Waals surface area contributed by atoms with Crippen LogP contribution in [0, 0.1) is 11.8 Å². The van der Waals surface area contributed by atoms with Gasteiger partial charge in [-0.2, -0.15) is 0 Å². The summed E-state index contributed by atoms with van der Waals surface area (Å²) in [6, 6.07) is 0. The molecular formula is C24H44N4O4. The molecule has 32 heavy (non-hydrogen) atoms. The second kappa shape index (κ2) is 9.37. The molecule has 8 heteroatoms. The van der Waals surface area contributed by atoms with Crippen molar-refractivity contribution in [2.75, 3.05) is 26.2 Å². The van der Waals surface area contributed by atoms with Gasteiger partial charge in [-0.25, -0.2) is 9.59 Å². The fraction of sp³-hybridized carbons (Fsp3) is 0.917. The zero-order valence-electron chi connectivity index (χ0n) is 20.9. The van der Waals surface area contributed by atoms with Crippen molar-refractivity contribution in [1.82, 2.24) is 21.3 Å². The van der Waals surface area contributed by atoms with Gasteiger partial charge in [-0.1, -0.05) is 12.8 Å². The lowest BCUT2D eigenvalue weighted by Crippen LogP contribution is -2.53. The quantitative estimate of drug-likeness (QED) is 0.513. The van der Waals surface area contributed by atoms with Crippen LogP contribution in [0.3, 0.4) is 0 Å². The second-order valence-electron chi connectivity index (χ2n) is 12.0. The van der Waals surface area contributed by atoms with Gasteiger partial charge in [0.1, 0.15) is 11.2 Å². The second-order valence-corrected chi connectivity index (χ2v) is 12.0. The summed E-state index contributed by atoms with van der Waals surface area (Å²) in [6.07, 6.45) is 6.44. The average Bonchev–Trinajstić information content (AvgIpc) is 3.31. The van der Waals surface area contributed by atoms with Crippen molar-refractivity contribution < 1.29 is 19.1 Å². The molecule has 2 aliphatic carbocycles. The molecular weight excluding hydrogens is 408 g/mol. The Bertz CT molecular complexity index is 604. The molecule has 4 fully saturated rings. The minimum absolute atomic E-state index is 0.0394. The van der Waals surface area contributed by atoms with Gasteiger partial charge < -0.3 is 30.7 Å². The van der Waals surface area contributed by atoms with E-state index in [1.54, 1.807) is 0 Å². The summed E-state index contributed by atoms with van der Waals surface area (Å²) in [4.78, 5) is 23.6. The lowest BCUT2D eigenvalue weighted by atomic mass is 9.91. The van der Waals surface area contributed by atoms with Gasteiger partial charge in [0.15, 0.2) is 0 Å². The Morgan fingerprint density at radius 1 is 0.750 bits per heavy atom. The molecule has 2 saturated heterocycles. The molecule has 0 bridgehead atoms. The van der Waals surface area contributed by atoms with Gasteiger partial charge in [-0.05, 0) is 79.1 Å². The summed E-state index contributed by atoms with van der Waals surface area (Å²) >= 11 is 0. The highest BCUT2D eigenvalue weighted by Crippen LogP contribution is 2.39. The molecule has 0 aromatic rings. The molecule has 4 aliphatic rings. The zero-order chi connectivity index (χ0) is 23.6. The molecule has 4 atom stereocenters. The van der Waals surface area contributed by atoms with Gasteiger partial charge >= 0.3 is 12.2 Å². The maximum atomic E-state index is 11.8. The number of carbonyl (C=O) groups excluding carboxylic acids is 2. The van der Waals surface area contributed by atoms with Crippen molar-refractivity contribution in [2.45, 2.75) is 102 Å². The third kappa shape index (κ3) is 6.28. The van der Waals surface area contributed by atoms with E-state index in [0.29, 0.717) is 11.8 Å². The van der Waals surface area contributed by atoms with Crippen LogP contribution in [0.25, 0.3) is 0 Å². The maximum Gasteiger partial charge on any atom is 0.408 e. The van der Waals surface area contributed by atoms with Crippen molar-refractivity contribution in [3.63, 3.8) is 0 Å². The Labute approximate surface area is 193 Å². The van der Waals surface area contributed by atoms with E-state index in [-0.39, 0.29) is 23.3 Å².